The quantitative estimate of drug-likeness (QED) is 0.671. The molecule has 1 saturated heterocycles. The van der Waals surface area contributed by atoms with Gasteiger partial charge in [0.05, 0.1) is 20.3 Å². The van der Waals surface area contributed by atoms with Crippen molar-refractivity contribution < 1.29 is 14.3 Å². The molecule has 2 N–H and O–H groups in total. The van der Waals surface area contributed by atoms with Crippen molar-refractivity contribution >= 4 is 11.7 Å². The van der Waals surface area contributed by atoms with Crippen molar-refractivity contribution in [2.24, 2.45) is 0 Å². The predicted molar refractivity (Wildman–Crippen MR) is 107 cm³/mol. The Bertz CT molecular complexity index is 748. The van der Waals surface area contributed by atoms with Gasteiger partial charge in [0.15, 0.2) is 0 Å². The molecule has 0 aliphatic carbocycles. The molecule has 8 heteroatoms. The first-order valence-corrected chi connectivity index (χ1v) is 9.52. The van der Waals surface area contributed by atoms with Crippen LogP contribution in [0.3, 0.4) is 0 Å². The second-order valence-corrected chi connectivity index (χ2v) is 6.52. The second kappa shape index (κ2) is 10.6. The van der Waals surface area contributed by atoms with Crippen LogP contribution in [0.1, 0.15) is 16.1 Å². The molecule has 0 bridgehead atoms. The summed E-state index contributed by atoms with van der Waals surface area (Å²) in [6.07, 6.45) is 2.15. The van der Waals surface area contributed by atoms with E-state index >= 15 is 0 Å². The molecule has 1 aliphatic heterocycles. The number of amides is 1. The normalized spacial score (nSPS) is 14.5. The van der Waals surface area contributed by atoms with E-state index < -0.39 is 0 Å². The van der Waals surface area contributed by atoms with Gasteiger partial charge in [0, 0.05) is 38.8 Å². The number of morpholine rings is 1. The smallest absolute Gasteiger partial charge is 0.270 e. The molecule has 0 atom stereocenters. The van der Waals surface area contributed by atoms with Gasteiger partial charge in [-0.2, -0.15) is 0 Å². The number of nitrogens with one attached hydrogen (secondary N) is 2. The van der Waals surface area contributed by atoms with Gasteiger partial charge in [-0.25, -0.2) is 9.97 Å². The van der Waals surface area contributed by atoms with Gasteiger partial charge in [-0.05, 0) is 24.1 Å². The molecular weight excluding hydrogens is 358 g/mol. The summed E-state index contributed by atoms with van der Waals surface area (Å²) in [5.41, 5.74) is 1.49. The molecule has 1 aromatic carbocycles. The standard InChI is InChI=1S/C20H27N5O3/c1-27-17-4-2-16(3-5-17)6-7-22-20(26)18-14-19(24-15-23-18)21-8-9-25-10-12-28-13-11-25/h2-5,14-15H,6-13H2,1H3,(H,22,26)(H,21,23,24). The zero-order chi connectivity index (χ0) is 19.6. The average molecular weight is 385 g/mol. The summed E-state index contributed by atoms with van der Waals surface area (Å²) >= 11 is 0. The Kier molecular flexibility index (Phi) is 7.57. The van der Waals surface area contributed by atoms with Gasteiger partial charge in [-0.15, -0.1) is 0 Å². The fourth-order valence-electron chi connectivity index (χ4n) is 2.95. The van der Waals surface area contributed by atoms with Crippen LogP contribution in [-0.4, -0.2) is 73.8 Å². The van der Waals surface area contributed by atoms with Crippen molar-refractivity contribution in [2.75, 3.05) is 58.4 Å². The largest absolute Gasteiger partial charge is 0.497 e. The maximum atomic E-state index is 12.3. The Morgan fingerprint density at radius 1 is 1.18 bits per heavy atom. The minimum Gasteiger partial charge on any atom is -0.497 e. The van der Waals surface area contributed by atoms with Crippen LogP contribution in [0.25, 0.3) is 0 Å². The second-order valence-electron chi connectivity index (χ2n) is 6.52. The number of hydrogen-bond donors (Lipinski definition) is 2. The zero-order valence-electron chi connectivity index (χ0n) is 16.2. The third-order valence-electron chi connectivity index (χ3n) is 4.60. The number of aromatic nitrogens is 2. The molecule has 1 fully saturated rings. The zero-order valence-corrected chi connectivity index (χ0v) is 16.2. The van der Waals surface area contributed by atoms with Gasteiger partial charge in [0.1, 0.15) is 23.6 Å². The van der Waals surface area contributed by atoms with E-state index in [2.05, 4.69) is 25.5 Å². The predicted octanol–water partition coefficient (Wildman–Crippen LogP) is 1.20. The fraction of sp³-hybridized carbons (Fsp3) is 0.450. The van der Waals surface area contributed by atoms with Crippen molar-refractivity contribution in [3.63, 3.8) is 0 Å². The summed E-state index contributed by atoms with van der Waals surface area (Å²) in [5.74, 6) is 1.28. The SMILES string of the molecule is COc1ccc(CCNC(=O)c2cc(NCCN3CCOCC3)ncn2)cc1. The van der Waals surface area contributed by atoms with E-state index in [1.807, 2.05) is 24.3 Å². The first kappa shape index (κ1) is 20.0. The first-order chi connectivity index (χ1) is 13.7. The van der Waals surface area contributed by atoms with Crippen LogP contribution < -0.4 is 15.4 Å². The monoisotopic (exact) mass is 385 g/mol. The number of rotatable bonds is 9. The summed E-state index contributed by atoms with van der Waals surface area (Å²) in [5, 5.41) is 6.16. The van der Waals surface area contributed by atoms with Crippen molar-refractivity contribution in [1.82, 2.24) is 20.2 Å². The van der Waals surface area contributed by atoms with Crippen molar-refractivity contribution in [3.05, 3.63) is 47.9 Å². The summed E-state index contributed by atoms with van der Waals surface area (Å²) in [6.45, 7) is 5.69. The van der Waals surface area contributed by atoms with Gasteiger partial charge in [-0.3, -0.25) is 9.69 Å². The molecule has 28 heavy (non-hydrogen) atoms. The van der Waals surface area contributed by atoms with E-state index in [9.17, 15) is 4.79 Å². The molecule has 0 unspecified atom stereocenters. The molecule has 150 valence electrons. The Morgan fingerprint density at radius 3 is 2.71 bits per heavy atom. The summed E-state index contributed by atoms with van der Waals surface area (Å²) in [6, 6.07) is 9.49. The van der Waals surface area contributed by atoms with Gasteiger partial charge in [-0.1, -0.05) is 12.1 Å². The third kappa shape index (κ3) is 6.17. The molecule has 2 aromatic rings. The lowest BCUT2D eigenvalue weighted by Gasteiger charge is -2.26. The van der Waals surface area contributed by atoms with Crippen LogP contribution in [0.15, 0.2) is 36.7 Å². The number of hydrogen-bond acceptors (Lipinski definition) is 7. The number of benzene rings is 1. The van der Waals surface area contributed by atoms with E-state index in [0.29, 0.717) is 18.1 Å². The van der Waals surface area contributed by atoms with Gasteiger partial charge >= 0.3 is 0 Å². The van der Waals surface area contributed by atoms with Crippen LogP contribution in [0.4, 0.5) is 5.82 Å². The highest BCUT2D eigenvalue weighted by Crippen LogP contribution is 2.11. The lowest BCUT2D eigenvalue weighted by atomic mass is 10.1. The molecule has 0 spiro atoms. The van der Waals surface area contributed by atoms with Crippen LogP contribution in [0.5, 0.6) is 5.75 Å². The van der Waals surface area contributed by atoms with E-state index in [1.165, 1.54) is 6.33 Å². The summed E-state index contributed by atoms with van der Waals surface area (Å²) < 4.78 is 10.5. The Labute approximate surface area is 165 Å². The van der Waals surface area contributed by atoms with E-state index in [4.69, 9.17) is 9.47 Å². The fourth-order valence-corrected chi connectivity index (χ4v) is 2.95. The van der Waals surface area contributed by atoms with Crippen LogP contribution in [0.2, 0.25) is 0 Å². The highest BCUT2D eigenvalue weighted by molar-refractivity contribution is 5.92. The molecular formula is C20H27N5O3. The topological polar surface area (TPSA) is 88.6 Å². The lowest BCUT2D eigenvalue weighted by molar-refractivity contribution is 0.0398. The molecule has 1 aliphatic rings. The molecule has 2 heterocycles. The summed E-state index contributed by atoms with van der Waals surface area (Å²) in [4.78, 5) is 22.9. The highest BCUT2D eigenvalue weighted by atomic mass is 16.5. The minimum absolute atomic E-state index is 0.202. The number of methoxy groups -OCH3 is 1. The van der Waals surface area contributed by atoms with Gasteiger partial charge in [0.25, 0.3) is 5.91 Å². The van der Waals surface area contributed by atoms with Crippen molar-refractivity contribution in [2.45, 2.75) is 6.42 Å². The number of anilines is 1. The molecule has 1 aromatic heterocycles. The van der Waals surface area contributed by atoms with Crippen LogP contribution in [0, 0.1) is 0 Å². The minimum atomic E-state index is -0.202. The Morgan fingerprint density at radius 2 is 1.96 bits per heavy atom. The van der Waals surface area contributed by atoms with Gasteiger partial charge in [0.2, 0.25) is 0 Å². The first-order valence-electron chi connectivity index (χ1n) is 9.52. The highest BCUT2D eigenvalue weighted by Gasteiger charge is 2.11. The maximum absolute atomic E-state index is 12.3. The molecule has 1 amide bonds. The van der Waals surface area contributed by atoms with Crippen molar-refractivity contribution in [3.8, 4) is 5.75 Å². The molecule has 0 saturated carbocycles. The van der Waals surface area contributed by atoms with E-state index in [0.717, 1.165) is 57.1 Å². The number of carbonyl (C=O) groups is 1. The van der Waals surface area contributed by atoms with Crippen molar-refractivity contribution in [1.29, 1.82) is 0 Å². The number of nitrogens with zero attached hydrogens (tertiary/aromatic N) is 3. The third-order valence-corrected chi connectivity index (χ3v) is 4.60. The lowest BCUT2D eigenvalue weighted by Crippen LogP contribution is -2.39. The molecule has 0 radical (unpaired) electrons. The molecule has 8 nitrogen and oxygen atoms in total. The van der Waals surface area contributed by atoms with Crippen LogP contribution >= 0.6 is 0 Å². The summed E-state index contributed by atoms with van der Waals surface area (Å²) in [7, 11) is 1.64. The maximum Gasteiger partial charge on any atom is 0.270 e. The number of carbonyl (C=O) groups excluding carboxylic acids is 1. The number of ether oxygens (including phenoxy) is 2. The van der Waals surface area contributed by atoms with Gasteiger partial charge < -0.3 is 20.1 Å². The molecule has 3 rings (SSSR count). The van der Waals surface area contributed by atoms with E-state index in [1.54, 1.807) is 13.2 Å². The van der Waals surface area contributed by atoms with E-state index in [-0.39, 0.29) is 5.91 Å². The Hall–Kier alpha value is -2.71. The van der Waals surface area contributed by atoms with Crippen LogP contribution in [-0.2, 0) is 11.2 Å². The Balaban J connectivity index is 1.42. The average Bonchev–Trinajstić information content (AvgIpc) is 2.75.